The molecule has 0 spiro atoms. The number of methoxy groups -OCH3 is 1. The predicted molar refractivity (Wildman–Crippen MR) is 74.6 cm³/mol. The monoisotopic (exact) mass is 272 g/mol. The minimum absolute atomic E-state index is 0.0867. The molecule has 0 bridgehead atoms. The third-order valence-corrected chi connectivity index (χ3v) is 3.19. The molecule has 0 aliphatic heterocycles. The number of hydrogen-bond donors (Lipinski definition) is 2. The van der Waals surface area contributed by atoms with E-state index in [0.717, 1.165) is 0 Å². The van der Waals surface area contributed by atoms with Crippen molar-refractivity contribution in [2.75, 3.05) is 7.11 Å². The summed E-state index contributed by atoms with van der Waals surface area (Å²) < 4.78 is 10.8. The first kappa shape index (κ1) is 12.3. The Balaban J connectivity index is 2.67. The molecule has 0 saturated carbocycles. The van der Waals surface area contributed by atoms with Crippen molar-refractivity contribution in [1.29, 1.82) is 0 Å². The van der Waals surface area contributed by atoms with Gasteiger partial charge < -0.3 is 19.4 Å². The van der Waals surface area contributed by atoms with Gasteiger partial charge in [-0.2, -0.15) is 0 Å². The van der Waals surface area contributed by atoms with E-state index >= 15 is 0 Å². The predicted octanol–water partition coefficient (Wildman–Crippen LogP) is 2.67. The third kappa shape index (κ3) is 1.67. The van der Waals surface area contributed by atoms with Crippen molar-refractivity contribution in [2.45, 2.75) is 6.92 Å². The van der Waals surface area contributed by atoms with E-state index < -0.39 is 0 Å². The molecule has 3 aromatic rings. The number of rotatable bonds is 1. The van der Waals surface area contributed by atoms with E-state index in [1.54, 1.807) is 6.92 Å². The molecule has 1 heterocycles. The molecule has 0 aliphatic rings. The van der Waals surface area contributed by atoms with Crippen LogP contribution in [-0.4, -0.2) is 17.3 Å². The molecule has 1 aromatic heterocycles. The lowest BCUT2D eigenvalue weighted by atomic mass is 10.0. The molecule has 2 aromatic carbocycles. The summed E-state index contributed by atoms with van der Waals surface area (Å²) in [5.41, 5.74) is 0.0549. The standard InChI is InChI=1S/C15H12O5/c1-7-3-10(17)14-11(18)5-8-4-9(16)6-12(19-2)13(8)15(14)20-7/h3-6,17-18H,1-2H3. The van der Waals surface area contributed by atoms with Gasteiger partial charge in [0.25, 0.3) is 0 Å². The second kappa shape index (κ2) is 4.16. The van der Waals surface area contributed by atoms with Crippen LogP contribution in [0.3, 0.4) is 0 Å². The summed E-state index contributed by atoms with van der Waals surface area (Å²) >= 11 is 0. The molecule has 0 fully saturated rings. The Hall–Kier alpha value is -2.69. The van der Waals surface area contributed by atoms with E-state index in [0.29, 0.717) is 22.3 Å². The maximum Gasteiger partial charge on any atom is 0.182 e. The van der Waals surface area contributed by atoms with Crippen LogP contribution < -0.4 is 10.2 Å². The van der Waals surface area contributed by atoms with E-state index in [2.05, 4.69) is 0 Å². The number of fused-ring (bicyclic) bond motifs is 3. The van der Waals surface area contributed by atoms with E-state index in [-0.39, 0.29) is 27.9 Å². The van der Waals surface area contributed by atoms with Crippen LogP contribution in [0.2, 0.25) is 0 Å². The number of phenols is 1. The van der Waals surface area contributed by atoms with Gasteiger partial charge in [0.2, 0.25) is 0 Å². The Kier molecular flexibility index (Phi) is 2.57. The Morgan fingerprint density at radius 1 is 1.05 bits per heavy atom. The molecule has 0 unspecified atom stereocenters. The van der Waals surface area contributed by atoms with Crippen LogP contribution in [0.1, 0.15) is 5.76 Å². The van der Waals surface area contributed by atoms with Crippen LogP contribution >= 0.6 is 0 Å². The highest BCUT2D eigenvalue weighted by Crippen LogP contribution is 2.41. The zero-order valence-electron chi connectivity index (χ0n) is 10.9. The summed E-state index contributed by atoms with van der Waals surface area (Å²) in [6, 6.07) is 5.55. The lowest BCUT2D eigenvalue weighted by molar-refractivity contribution is 0.418. The first-order valence-electron chi connectivity index (χ1n) is 5.98. The average molecular weight is 272 g/mol. The molecular weight excluding hydrogens is 260 g/mol. The lowest BCUT2D eigenvalue weighted by Gasteiger charge is -2.11. The van der Waals surface area contributed by atoms with Gasteiger partial charge in [0, 0.05) is 12.1 Å². The topological polar surface area (TPSA) is 79.9 Å². The fourth-order valence-corrected chi connectivity index (χ4v) is 2.39. The van der Waals surface area contributed by atoms with Crippen LogP contribution in [0.5, 0.6) is 17.2 Å². The first-order valence-corrected chi connectivity index (χ1v) is 5.98. The molecule has 102 valence electrons. The molecule has 5 heteroatoms. The molecule has 0 radical (unpaired) electrons. The highest BCUT2D eigenvalue weighted by molar-refractivity contribution is 6.11. The van der Waals surface area contributed by atoms with Gasteiger partial charge in [0.15, 0.2) is 11.0 Å². The van der Waals surface area contributed by atoms with Gasteiger partial charge in [-0.1, -0.05) is 0 Å². The van der Waals surface area contributed by atoms with Gasteiger partial charge >= 0.3 is 0 Å². The van der Waals surface area contributed by atoms with Crippen LogP contribution in [0.15, 0.2) is 33.5 Å². The number of hydrogen-bond acceptors (Lipinski definition) is 5. The van der Waals surface area contributed by atoms with Crippen molar-refractivity contribution in [3.63, 3.8) is 0 Å². The third-order valence-electron chi connectivity index (χ3n) is 3.19. The second-order valence-corrected chi connectivity index (χ2v) is 4.57. The molecule has 2 N–H and O–H groups in total. The van der Waals surface area contributed by atoms with Crippen LogP contribution in [0.25, 0.3) is 21.7 Å². The molecular formula is C15H12O5. The molecule has 3 rings (SSSR count). The summed E-state index contributed by atoms with van der Waals surface area (Å²) in [6.45, 7) is 1.68. The summed E-state index contributed by atoms with van der Waals surface area (Å²) in [5.74, 6) is 0.583. The number of phenolic OH excluding ortho intramolecular Hbond substituents is 1. The van der Waals surface area contributed by atoms with Crippen molar-refractivity contribution in [2.24, 2.45) is 0 Å². The number of aromatic hydroxyl groups is 2. The van der Waals surface area contributed by atoms with Gasteiger partial charge in [-0.25, -0.2) is 0 Å². The number of ether oxygens (including phenoxy) is 1. The molecule has 5 nitrogen and oxygen atoms in total. The Morgan fingerprint density at radius 3 is 2.45 bits per heavy atom. The lowest BCUT2D eigenvalue weighted by Crippen LogP contribution is -1.99. The zero-order chi connectivity index (χ0) is 14.4. The van der Waals surface area contributed by atoms with Crippen molar-refractivity contribution in [3.8, 4) is 17.2 Å². The highest BCUT2D eigenvalue weighted by atomic mass is 16.5. The van der Waals surface area contributed by atoms with E-state index in [4.69, 9.17) is 9.15 Å². The van der Waals surface area contributed by atoms with Gasteiger partial charge in [-0.3, -0.25) is 4.79 Å². The summed E-state index contributed by atoms with van der Waals surface area (Å²) in [6.07, 6.45) is 0. The van der Waals surface area contributed by atoms with E-state index in [1.807, 2.05) is 0 Å². The van der Waals surface area contributed by atoms with Crippen molar-refractivity contribution >= 4 is 21.7 Å². The van der Waals surface area contributed by atoms with Crippen molar-refractivity contribution < 1.29 is 19.4 Å². The maximum absolute atomic E-state index is 11.6. The van der Waals surface area contributed by atoms with Crippen LogP contribution in [0, 0.1) is 6.92 Å². The fraction of sp³-hybridized carbons (Fsp3) is 0.133. The van der Waals surface area contributed by atoms with Crippen LogP contribution in [-0.2, 0) is 0 Å². The fourth-order valence-electron chi connectivity index (χ4n) is 2.39. The Bertz CT molecular complexity index is 892. The van der Waals surface area contributed by atoms with Gasteiger partial charge in [-0.05, 0) is 24.4 Å². The zero-order valence-corrected chi connectivity index (χ0v) is 10.9. The second-order valence-electron chi connectivity index (χ2n) is 4.57. The van der Waals surface area contributed by atoms with E-state index in [1.165, 1.54) is 31.4 Å². The van der Waals surface area contributed by atoms with Crippen molar-refractivity contribution in [3.05, 3.63) is 40.2 Å². The molecule has 20 heavy (non-hydrogen) atoms. The summed E-state index contributed by atoms with van der Waals surface area (Å²) in [4.78, 5) is 11.6. The summed E-state index contributed by atoms with van der Waals surface area (Å²) in [7, 11) is 1.45. The minimum Gasteiger partial charge on any atom is -0.507 e. The summed E-state index contributed by atoms with van der Waals surface area (Å²) in [5, 5.41) is 21.2. The van der Waals surface area contributed by atoms with Gasteiger partial charge in [0.05, 0.1) is 12.5 Å². The Labute approximate surface area is 113 Å². The molecule has 0 amide bonds. The largest absolute Gasteiger partial charge is 0.507 e. The van der Waals surface area contributed by atoms with Gasteiger partial charge in [-0.15, -0.1) is 0 Å². The molecule has 0 atom stereocenters. The highest BCUT2D eigenvalue weighted by Gasteiger charge is 2.16. The van der Waals surface area contributed by atoms with Gasteiger partial charge in [0.1, 0.15) is 28.4 Å². The smallest absolute Gasteiger partial charge is 0.182 e. The van der Waals surface area contributed by atoms with Crippen LogP contribution in [0.4, 0.5) is 0 Å². The number of benzene rings is 2. The minimum atomic E-state index is -0.232. The normalized spacial score (nSPS) is 11.1. The SMILES string of the molecule is COc1cc(=O)cc2cc(O)c3c(O)cc(C)oc3c12. The first-order chi connectivity index (χ1) is 9.51. The average Bonchev–Trinajstić information content (AvgIpc) is 2.36. The van der Waals surface area contributed by atoms with Crippen molar-refractivity contribution in [1.82, 2.24) is 0 Å². The quantitative estimate of drug-likeness (QED) is 0.666. The molecule has 0 aliphatic carbocycles. The Morgan fingerprint density at radius 2 is 1.75 bits per heavy atom. The number of aryl methyl sites for hydroxylation is 1. The van der Waals surface area contributed by atoms with E-state index in [9.17, 15) is 15.0 Å². The maximum atomic E-state index is 11.6. The molecule has 0 saturated heterocycles.